The van der Waals surface area contributed by atoms with Crippen LogP contribution in [0.5, 0.6) is 0 Å². The molecular weight excluding hydrogens is 302 g/mol. The summed E-state index contributed by atoms with van der Waals surface area (Å²) in [5.74, 6) is -0.282. The number of thiophene rings is 1. The quantitative estimate of drug-likeness (QED) is 0.854. The summed E-state index contributed by atoms with van der Waals surface area (Å²) >= 11 is 1.65. The third kappa shape index (κ3) is 5.75. The summed E-state index contributed by atoms with van der Waals surface area (Å²) in [6.45, 7) is 6.12. The molecule has 0 bridgehead atoms. The summed E-state index contributed by atoms with van der Waals surface area (Å²) in [7, 11) is 0. The Kier molecular flexibility index (Phi) is 6.35. The minimum atomic E-state index is -0.434. The van der Waals surface area contributed by atoms with Crippen LogP contribution in [0.3, 0.4) is 0 Å². The molecule has 2 rings (SSSR count). The molecule has 122 valence electrons. The van der Waals surface area contributed by atoms with E-state index >= 15 is 0 Å². The molecule has 1 aromatic rings. The molecule has 1 fully saturated rings. The third-order valence-electron chi connectivity index (χ3n) is 3.35. The summed E-state index contributed by atoms with van der Waals surface area (Å²) in [4.78, 5) is 26.8. The van der Waals surface area contributed by atoms with Gasteiger partial charge in [0.15, 0.2) is 0 Å². The Balaban J connectivity index is 1.64. The topological polar surface area (TPSA) is 70.7 Å². The van der Waals surface area contributed by atoms with Crippen molar-refractivity contribution < 1.29 is 14.3 Å². The molecule has 0 aliphatic carbocycles. The molecular formula is C15H23N3O3S. The van der Waals surface area contributed by atoms with Gasteiger partial charge in [0.05, 0.1) is 18.8 Å². The molecule has 0 aromatic carbocycles. The van der Waals surface area contributed by atoms with E-state index in [4.69, 9.17) is 4.74 Å². The minimum absolute atomic E-state index is 0.108. The number of carbonyl (C=O) groups is 2. The maximum Gasteiger partial charge on any atom is 0.321 e. The average molecular weight is 325 g/mol. The Labute approximate surface area is 134 Å². The number of ether oxygens (including phenoxy) is 1. The van der Waals surface area contributed by atoms with Crippen LogP contribution in [0.4, 0.5) is 4.79 Å². The summed E-state index contributed by atoms with van der Waals surface area (Å²) in [6, 6.07) is 3.57. The van der Waals surface area contributed by atoms with E-state index in [0.29, 0.717) is 19.6 Å². The van der Waals surface area contributed by atoms with Crippen molar-refractivity contribution in [2.24, 2.45) is 0 Å². The molecule has 0 spiro atoms. The number of imide groups is 1. The van der Waals surface area contributed by atoms with Crippen LogP contribution in [0.25, 0.3) is 0 Å². The van der Waals surface area contributed by atoms with E-state index in [1.165, 1.54) is 4.88 Å². The van der Waals surface area contributed by atoms with E-state index in [0.717, 1.165) is 6.42 Å². The molecule has 2 unspecified atom stereocenters. The van der Waals surface area contributed by atoms with Gasteiger partial charge in [-0.05, 0) is 31.7 Å². The Bertz CT molecular complexity index is 482. The van der Waals surface area contributed by atoms with Crippen LogP contribution in [0.1, 0.15) is 18.7 Å². The molecule has 7 heteroatoms. The van der Waals surface area contributed by atoms with Crippen LogP contribution >= 0.6 is 11.3 Å². The fourth-order valence-electron chi connectivity index (χ4n) is 2.58. The highest BCUT2D eigenvalue weighted by Gasteiger charge is 2.24. The highest BCUT2D eigenvalue weighted by Crippen LogP contribution is 2.10. The summed E-state index contributed by atoms with van der Waals surface area (Å²) in [5.41, 5.74) is 0. The number of nitrogens with one attached hydrogen (secondary N) is 2. The van der Waals surface area contributed by atoms with Crippen molar-refractivity contribution in [2.75, 3.05) is 26.2 Å². The SMILES string of the molecule is CC1CN(CC(=O)NC(=O)NCCc2cccs2)CC(C)O1. The largest absolute Gasteiger partial charge is 0.373 e. The molecule has 2 N–H and O–H groups in total. The lowest BCUT2D eigenvalue weighted by Gasteiger charge is -2.34. The van der Waals surface area contributed by atoms with Crippen LogP contribution in [-0.4, -0.2) is 55.2 Å². The van der Waals surface area contributed by atoms with E-state index in [1.807, 2.05) is 36.3 Å². The second-order valence-corrected chi connectivity index (χ2v) is 6.62. The fourth-order valence-corrected chi connectivity index (χ4v) is 3.29. The molecule has 0 radical (unpaired) electrons. The van der Waals surface area contributed by atoms with Gasteiger partial charge in [-0.3, -0.25) is 15.0 Å². The van der Waals surface area contributed by atoms with E-state index in [-0.39, 0.29) is 24.7 Å². The number of rotatable bonds is 5. The van der Waals surface area contributed by atoms with Gasteiger partial charge in [-0.25, -0.2) is 4.79 Å². The number of amides is 3. The van der Waals surface area contributed by atoms with Crippen LogP contribution in [-0.2, 0) is 16.0 Å². The lowest BCUT2D eigenvalue weighted by Crippen LogP contribution is -2.51. The van der Waals surface area contributed by atoms with Crippen LogP contribution in [0.2, 0.25) is 0 Å². The van der Waals surface area contributed by atoms with Gasteiger partial charge in [0.2, 0.25) is 5.91 Å². The molecule has 2 heterocycles. The Morgan fingerprint density at radius 2 is 2.09 bits per heavy atom. The number of hydrogen-bond acceptors (Lipinski definition) is 5. The fraction of sp³-hybridized carbons (Fsp3) is 0.600. The first-order chi connectivity index (χ1) is 10.5. The minimum Gasteiger partial charge on any atom is -0.373 e. The van der Waals surface area contributed by atoms with Crippen molar-refractivity contribution in [1.82, 2.24) is 15.5 Å². The molecule has 1 aliphatic heterocycles. The summed E-state index contributed by atoms with van der Waals surface area (Å²) in [5, 5.41) is 7.07. The molecule has 0 saturated carbocycles. The number of hydrogen-bond donors (Lipinski definition) is 2. The lowest BCUT2D eigenvalue weighted by atomic mass is 10.2. The normalized spacial score (nSPS) is 22.3. The molecule has 3 amide bonds. The highest BCUT2D eigenvalue weighted by molar-refractivity contribution is 7.09. The number of urea groups is 1. The van der Waals surface area contributed by atoms with Crippen molar-refractivity contribution >= 4 is 23.3 Å². The van der Waals surface area contributed by atoms with Crippen molar-refractivity contribution in [3.05, 3.63) is 22.4 Å². The first-order valence-electron chi connectivity index (χ1n) is 7.51. The zero-order chi connectivity index (χ0) is 15.9. The number of nitrogens with zero attached hydrogens (tertiary/aromatic N) is 1. The average Bonchev–Trinajstić information content (AvgIpc) is 2.90. The second kappa shape index (κ2) is 8.26. The van der Waals surface area contributed by atoms with Gasteiger partial charge in [0.1, 0.15) is 0 Å². The second-order valence-electron chi connectivity index (χ2n) is 5.58. The molecule has 2 atom stereocenters. The van der Waals surface area contributed by atoms with Crippen LogP contribution in [0.15, 0.2) is 17.5 Å². The van der Waals surface area contributed by atoms with Gasteiger partial charge in [0, 0.05) is 24.5 Å². The van der Waals surface area contributed by atoms with Crippen molar-refractivity contribution in [2.45, 2.75) is 32.5 Å². The predicted octanol–water partition coefficient (Wildman–Crippen LogP) is 1.23. The van der Waals surface area contributed by atoms with Gasteiger partial charge >= 0.3 is 6.03 Å². The van der Waals surface area contributed by atoms with E-state index in [1.54, 1.807) is 11.3 Å². The third-order valence-corrected chi connectivity index (χ3v) is 4.29. The maximum atomic E-state index is 11.9. The monoisotopic (exact) mass is 325 g/mol. The zero-order valence-electron chi connectivity index (χ0n) is 13.0. The van der Waals surface area contributed by atoms with Crippen molar-refractivity contribution in [3.8, 4) is 0 Å². The van der Waals surface area contributed by atoms with Crippen LogP contribution < -0.4 is 10.6 Å². The van der Waals surface area contributed by atoms with Gasteiger partial charge in [-0.1, -0.05) is 6.07 Å². The smallest absolute Gasteiger partial charge is 0.321 e. The van der Waals surface area contributed by atoms with Crippen molar-refractivity contribution in [3.63, 3.8) is 0 Å². The first kappa shape index (κ1) is 16.9. The molecule has 1 saturated heterocycles. The Morgan fingerprint density at radius 3 is 2.73 bits per heavy atom. The van der Waals surface area contributed by atoms with Gasteiger partial charge in [0.25, 0.3) is 0 Å². The summed E-state index contributed by atoms with van der Waals surface area (Å²) < 4.78 is 5.62. The predicted molar refractivity (Wildman–Crippen MR) is 86.0 cm³/mol. The Morgan fingerprint density at radius 1 is 1.36 bits per heavy atom. The standard InChI is InChI=1S/C15H23N3O3S/c1-11-8-18(9-12(2)21-11)10-14(19)17-15(20)16-6-5-13-4-3-7-22-13/h3-4,7,11-12H,5-6,8-10H2,1-2H3,(H2,16,17,19,20). The maximum absolute atomic E-state index is 11.9. The van der Waals surface area contributed by atoms with Crippen molar-refractivity contribution in [1.29, 1.82) is 0 Å². The van der Waals surface area contributed by atoms with Gasteiger partial charge in [-0.15, -0.1) is 11.3 Å². The zero-order valence-corrected chi connectivity index (χ0v) is 13.8. The van der Waals surface area contributed by atoms with E-state index in [2.05, 4.69) is 10.6 Å². The van der Waals surface area contributed by atoms with Gasteiger partial charge < -0.3 is 10.1 Å². The number of morpholine rings is 1. The van der Waals surface area contributed by atoms with E-state index < -0.39 is 6.03 Å². The first-order valence-corrected chi connectivity index (χ1v) is 8.39. The van der Waals surface area contributed by atoms with E-state index in [9.17, 15) is 9.59 Å². The number of carbonyl (C=O) groups excluding carboxylic acids is 2. The summed E-state index contributed by atoms with van der Waals surface area (Å²) in [6.07, 6.45) is 0.991. The molecule has 1 aliphatic rings. The van der Waals surface area contributed by atoms with Gasteiger partial charge in [-0.2, -0.15) is 0 Å². The highest BCUT2D eigenvalue weighted by atomic mass is 32.1. The molecule has 22 heavy (non-hydrogen) atoms. The Hall–Kier alpha value is -1.44. The molecule has 1 aromatic heterocycles. The lowest BCUT2D eigenvalue weighted by molar-refractivity contribution is -0.124. The van der Waals surface area contributed by atoms with Crippen LogP contribution in [0, 0.1) is 0 Å². The molecule has 6 nitrogen and oxygen atoms in total.